The largest absolute Gasteiger partial charge is 0.389 e. The Hall–Kier alpha value is -2.00. The number of nitrogens with one attached hydrogen (secondary N) is 2. The Kier molecular flexibility index (Phi) is 5.21. The predicted molar refractivity (Wildman–Crippen MR) is 64.6 cm³/mol. The SMILES string of the molecule is CNc1ncnc(NCC(O)COC)c1[N+](=O)[O-]. The van der Waals surface area contributed by atoms with Crippen molar-refractivity contribution in [1.82, 2.24) is 9.97 Å². The average molecular weight is 257 g/mol. The third-order valence-electron chi connectivity index (χ3n) is 2.11. The number of hydrogen-bond donors (Lipinski definition) is 3. The van der Waals surface area contributed by atoms with Crippen molar-refractivity contribution in [2.45, 2.75) is 6.10 Å². The molecule has 0 radical (unpaired) electrons. The highest BCUT2D eigenvalue weighted by molar-refractivity contribution is 5.68. The molecule has 9 heteroatoms. The van der Waals surface area contributed by atoms with Crippen LogP contribution in [0.25, 0.3) is 0 Å². The van der Waals surface area contributed by atoms with Crippen molar-refractivity contribution in [3.05, 3.63) is 16.4 Å². The van der Waals surface area contributed by atoms with Gasteiger partial charge in [-0.2, -0.15) is 0 Å². The fourth-order valence-corrected chi connectivity index (χ4v) is 1.33. The molecular weight excluding hydrogens is 242 g/mol. The number of aliphatic hydroxyl groups is 1. The summed E-state index contributed by atoms with van der Waals surface area (Å²) in [5.41, 5.74) is -0.260. The number of nitro groups is 1. The lowest BCUT2D eigenvalue weighted by Crippen LogP contribution is -2.25. The predicted octanol–water partition coefficient (Wildman–Crippen LogP) is -0.154. The number of aromatic nitrogens is 2. The van der Waals surface area contributed by atoms with Crippen LogP contribution in [0.15, 0.2) is 6.33 Å². The fourth-order valence-electron chi connectivity index (χ4n) is 1.33. The lowest BCUT2D eigenvalue weighted by atomic mass is 10.3. The van der Waals surface area contributed by atoms with E-state index in [1.165, 1.54) is 20.5 Å². The molecule has 18 heavy (non-hydrogen) atoms. The Morgan fingerprint density at radius 3 is 2.78 bits per heavy atom. The van der Waals surface area contributed by atoms with Gasteiger partial charge in [-0.25, -0.2) is 9.97 Å². The number of ether oxygens (including phenoxy) is 1. The number of methoxy groups -OCH3 is 1. The molecule has 0 aliphatic rings. The lowest BCUT2D eigenvalue weighted by Gasteiger charge is -2.11. The molecule has 1 heterocycles. The molecule has 0 spiro atoms. The molecule has 100 valence electrons. The van der Waals surface area contributed by atoms with Gasteiger partial charge in [0, 0.05) is 20.7 Å². The first kappa shape index (κ1) is 14.1. The van der Waals surface area contributed by atoms with Gasteiger partial charge in [0.05, 0.1) is 17.6 Å². The molecule has 1 aromatic heterocycles. The monoisotopic (exact) mass is 257 g/mol. The molecule has 1 unspecified atom stereocenters. The van der Waals surface area contributed by atoms with Crippen molar-refractivity contribution in [2.75, 3.05) is 37.9 Å². The summed E-state index contributed by atoms with van der Waals surface area (Å²) in [4.78, 5) is 17.9. The van der Waals surface area contributed by atoms with Crippen molar-refractivity contribution >= 4 is 17.3 Å². The normalized spacial score (nSPS) is 11.9. The number of rotatable bonds is 7. The van der Waals surface area contributed by atoms with E-state index >= 15 is 0 Å². The van der Waals surface area contributed by atoms with Gasteiger partial charge in [0.2, 0.25) is 11.6 Å². The van der Waals surface area contributed by atoms with E-state index in [-0.39, 0.29) is 30.5 Å². The number of anilines is 2. The molecule has 0 aliphatic carbocycles. The summed E-state index contributed by atoms with van der Waals surface area (Å²) in [6, 6.07) is 0. The Morgan fingerprint density at radius 2 is 2.22 bits per heavy atom. The molecule has 0 saturated heterocycles. The highest BCUT2D eigenvalue weighted by atomic mass is 16.6. The Balaban J connectivity index is 2.85. The minimum Gasteiger partial charge on any atom is -0.389 e. The van der Waals surface area contributed by atoms with Gasteiger partial charge < -0.3 is 20.5 Å². The van der Waals surface area contributed by atoms with Crippen molar-refractivity contribution in [2.24, 2.45) is 0 Å². The van der Waals surface area contributed by atoms with Crippen molar-refractivity contribution in [1.29, 1.82) is 0 Å². The molecule has 0 saturated carbocycles. The fraction of sp³-hybridized carbons (Fsp3) is 0.556. The van der Waals surface area contributed by atoms with Gasteiger partial charge in [-0.3, -0.25) is 10.1 Å². The number of nitrogens with zero attached hydrogens (tertiary/aromatic N) is 3. The van der Waals surface area contributed by atoms with Crippen LogP contribution in [0, 0.1) is 10.1 Å². The summed E-state index contributed by atoms with van der Waals surface area (Å²) >= 11 is 0. The van der Waals surface area contributed by atoms with Crippen LogP contribution in [0.4, 0.5) is 17.3 Å². The zero-order valence-corrected chi connectivity index (χ0v) is 10.1. The van der Waals surface area contributed by atoms with E-state index in [1.807, 2.05) is 0 Å². The van der Waals surface area contributed by atoms with E-state index in [0.29, 0.717) is 0 Å². The maximum Gasteiger partial charge on any atom is 0.353 e. The topological polar surface area (TPSA) is 122 Å². The second-order valence-corrected chi connectivity index (χ2v) is 3.42. The van der Waals surface area contributed by atoms with Crippen LogP contribution < -0.4 is 10.6 Å². The van der Waals surface area contributed by atoms with Crippen LogP contribution in [0.1, 0.15) is 0 Å². The quantitative estimate of drug-likeness (QED) is 0.455. The number of hydrogen-bond acceptors (Lipinski definition) is 8. The third-order valence-corrected chi connectivity index (χ3v) is 2.11. The van der Waals surface area contributed by atoms with E-state index in [4.69, 9.17) is 4.74 Å². The molecular formula is C9H15N5O4. The van der Waals surface area contributed by atoms with Gasteiger partial charge in [0.1, 0.15) is 6.33 Å². The Bertz CT molecular complexity index is 414. The maximum absolute atomic E-state index is 10.9. The van der Waals surface area contributed by atoms with E-state index in [2.05, 4.69) is 20.6 Å². The van der Waals surface area contributed by atoms with Crippen molar-refractivity contribution < 1.29 is 14.8 Å². The van der Waals surface area contributed by atoms with Crippen molar-refractivity contribution in [3.8, 4) is 0 Å². The van der Waals surface area contributed by atoms with Crippen molar-refractivity contribution in [3.63, 3.8) is 0 Å². The lowest BCUT2D eigenvalue weighted by molar-refractivity contribution is -0.383. The first-order valence-corrected chi connectivity index (χ1v) is 5.18. The number of aliphatic hydroxyl groups excluding tert-OH is 1. The molecule has 0 fully saturated rings. The van der Waals surface area contributed by atoms with Gasteiger partial charge in [0.15, 0.2) is 0 Å². The van der Waals surface area contributed by atoms with Gasteiger partial charge in [0.25, 0.3) is 0 Å². The first-order chi connectivity index (χ1) is 8.60. The first-order valence-electron chi connectivity index (χ1n) is 5.18. The smallest absolute Gasteiger partial charge is 0.353 e. The molecule has 1 atom stereocenters. The molecule has 9 nitrogen and oxygen atoms in total. The van der Waals surface area contributed by atoms with Gasteiger partial charge in [-0.1, -0.05) is 0 Å². The minimum atomic E-state index is -0.775. The van der Waals surface area contributed by atoms with Crippen LogP contribution in [-0.2, 0) is 4.74 Å². The van der Waals surface area contributed by atoms with Gasteiger partial charge >= 0.3 is 5.69 Å². The molecule has 0 amide bonds. The highest BCUT2D eigenvalue weighted by Crippen LogP contribution is 2.28. The van der Waals surface area contributed by atoms with Crippen LogP contribution in [0.3, 0.4) is 0 Å². The van der Waals surface area contributed by atoms with Gasteiger partial charge in [-0.15, -0.1) is 0 Å². The molecule has 1 aromatic rings. The molecule has 0 aliphatic heterocycles. The summed E-state index contributed by atoms with van der Waals surface area (Å²) in [5, 5.41) is 25.7. The summed E-state index contributed by atoms with van der Waals surface area (Å²) in [6.45, 7) is 0.222. The third kappa shape index (κ3) is 3.50. The Labute approximate surface area is 103 Å². The Morgan fingerprint density at radius 1 is 1.56 bits per heavy atom. The highest BCUT2D eigenvalue weighted by Gasteiger charge is 2.22. The second-order valence-electron chi connectivity index (χ2n) is 3.42. The summed E-state index contributed by atoms with van der Waals surface area (Å²) < 4.78 is 4.75. The molecule has 0 aromatic carbocycles. The van der Waals surface area contributed by atoms with E-state index < -0.39 is 11.0 Å². The zero-order valence-electron chi connectivity index (χ0n) is 10.1. The van der Waals surface area contributed by atoms with E-state index in [9.17, 15) is 15.2 Å². The molecule has 0 bridgehead atoms. The zero-order chi connectivity index (χ0) is 13.5. The van der Waals surface area contributed by atoms with Crippen LogP contribution in [0.2, 0.25) is 0 Å². The average Bonchev–Trinajstić information content (AvgIpc) is 2.35. The molecule has 3 N–H and O–H groups in total. The van der Waals surface area contributed by atoms with Crippen LogP contribution in [-0.4, -0.2) is 53.4 Å². The minimum absolute atomic E-state index is 0.0505. The second kappa shape index (κ2) is 6.67. The maximum atomic E-state index is 10.9. The summed E-state index contributed by atoms with van der Waals surface area (Å²) in [7, 11) is 2.98. The standard InChI is InChI=1S/C9H15N5O4/c1-10-8-7(14(16)17)9(13-5-12-8)11-3-6(15)4-18-2/h5-6,15H,3-4H2,1-2H3,(H2,10,11,12,13). The van der Waals surface area contributed by atoms with Gasteiger partial charge in [-0.05, 0) is 0 Å². The summed E-state index contributed by atoms with van der Waals surface area (Å²) in [5.74, 6) is 0.160. The summed E-state index contributed by atoms with van der Waals surface area (Å²) in [6.07, 6.45) is 0.423. The molecule has 1 rings (SSSR count). The van der Waals surface area contributed by atoms with E-state index in [0.717, 1.165) is 0 Å². The van der Waals surface area contributed by atoms with Crippen LogP contribution >= 0.6 is 0 Å². The van der Waals surface area contributed by atoms with E-state index in [1.54, 1.807) is 0 Å². The van der Waals surface area contributed by atoms with Crippen LogP contribution in [0.5, 0.6) is 0 Å².